The first kappa shape index (κ1) is 22.3. The number of likely N-dealkylation sites (tertiary alicyclic amines) is 1. The second-order valence-electron chi connectivity index (χ2n) is 7.84. The summed E-state index contributed by atoms with van der Waals surface area (Å²) < 4.78 is 0. The molecule has 1 saturated heterocycles. The van der Waals surface area contributed by atoms with Crippen LogP contribution in [0.2, 0.25) is 0 Å². The van der Waals surface area contributed by atoms with E-state index in [1.54, 1.807) is 9.80 Å². The van der Waals surface area contributed by atoms with Gasteiger partial charge in [-0.1, -0.05) is 42.5 Å². The van der Waals surface area contributed by atoms with Crippen LogP contribution in [-0.2, 0) is 10.3 Å². The molecule has 0 spiro atoms. The Morgan fingerprint density at radius 3 is 2.47 bits per heavy atom. The van der Waals surface area contributed by atoms with Crippen LogP contribution in [-0.4, -0.2) is 72.8 Å². The Labute approximate surface area is 182 Å². The predicted molar refractivity (Wildman–Crippen MR) is 120 cm³/mol. The number of hydrogen-bond donors (Lipinski definition) is 2. The van der Waals surface area contributed by atoms with E-state index in [-0.39, 0.29) is 24.9 Å². The van der Waals surface area contributed by atoms with Crippen molar-refractivity contribution in [1.82, 2.24) is 15.1 Å². The average molecular weight is 428 g/mol. The van der Waals surface area contributed by atoms with Gasteiger partial charge in [-0.2, -0.15) is 0 Å². The van der Waals surface area contributed by atoms with Crippen molar-refractivity contribution in [2.75, 3.05) is 40.0 Å². The number of aliphatic hydroxyl groups excluding tert-OH is 1. The molecule has 0 unspecified atom stereocenters. The van der Waals surface area contributed by atoms with Crippen LogP contribution < -0.4 is 5.32 Å². The molecule has 1 aliphatic rings. The van der Waals surface area contributed by atoms with Crippen LogP contribution in [0.3, 0.4) is 0 Å². The van der Waals surface area contributed by atoms with Crippen LogP contribution in [0.5, 0.6) is 0 Å². The summed E-state index contributed by atoms with van der Waals surface area (Å²) in [6.45, 7) is 0.819. The molecule has 1 heterocycles. The van der Waals surface area contributed by atoms with E-state index in [1.807, 2.05) is 74.9 Å². The summed E-state index contributed by atoms with van der Waals surface area (Å²) in [6, 6.07) is 17.0. The number of aliphatic hydroxyl groups is 1. The number of piperidine rings is 1. The molecule has 2 amide bonds. The van der Waals surface area contributed by atoms with Gasteiger partial charge in [0.25, 0.3) is 5.91 Å². The minimum Gasteiger partial charge on any atom is -0.388 e. The lowest BCUT2D eigenvalue weighted by Gasteiger charge is -2.46. The van der Waals surface area contributed by atoms with Crippen LogP contribution in [0.4, 0.5) is 0 Å². The molecule has 1 fully saturated rings. The van der Waals surface area contributed by atoms with E-state index in [2.05, 4.69) is 5.32 Å². The van der Waals surface area contributed by atoms with E-state index < -0.39 is 11.6 Å². The molecule has 2 N–H and O–H groups in total. The minimum atomic E-state index is -0.926. The highest BCUT2D eigenvalue weighted by Crippen LogP contribution is 2.34. The molecular weight excluding hydrogens is 398 g/mol. The number of nitrogens with one attached hydrogen (secondary N) is 1. The molecule has 0 saturated carbocycles. The topological polar surface area (TPSA) is 72.9 Å². The van der Waals surface area contributed by atoms with E-state index in [0.29, 0.717) is 18.5 Å². The van der Waals surface area contributed by atoms with Gasteiger partial charge in [-0.05, 0) is 44.5 Å². The van der Waals surface area contributed by atoms with Gasteiger partial charge < -0.3 is 20.2 Å². The number of rotatable bonds is 6. The zero-order valence-corrected chi connectivity index (χ0v) is 18.5. The van der Waals surface area contributed by atoms with Gasteiger partial charge in [-0.3, -0.25) is 9.59 Å². The number of hydrogen-bond acceptors (Lipinski definition) is 5. The Morgan fingerprint density at radius 2 is 1.83 bits per heavy atom. The lowest BCUT2D eigenvalue weighted by atomic mass is 9.78. The first-order valence-electron chi connectivity index (χ1n) is 9.99. The maximum absolute atomic E-state index is 13.1. The fraction of sp³-hybridized carbons (Fsp3) is 0.391. The van der Waals surface area contributed by atoms with Gasteiger partial charge in [0.05, 0.1) is 23.8 Å². The van der Waals surface area contributed by atoms with Gasteiger partial charge in [-0.15, -0.1) is 11.8 Å². The fourth-order valence-corrected chi connectivity index (χ4v) is 4.57. The third-order valence-electron chi connectivity index (χ3n) is 5.47. The van der Waals surface area contributed by atoms with Gasteiger partial charge in [0.1, 0.15) is 0 Å². The number of nitrogens with zero attached hydrogens (tertiary/aromatic N) is 2. The van der Waals surface area contributed by atoms with Crippen molar-refractivity contribution in [3.63, 3.8) is 0 Å². The maximum atomic E-state index is 13.1. The number of carbonyl (C=O) groups is 2. The van der Waals surface area contributed by atoms with Gasteiger partial charge in [-0.25, -0.2) is 0 Å². The molecule has 1 aliphatic heterocycles. The number of likely N-dealkylation sites (N-methyl/N-ethyl adjacent to an activating group) is 1. The molecule has 7 heteroatoms. The third-order valence-corrected chi connectivity index (χ3v) is 6.27. The molecule has 2 atom stereocenters. The average Bonchev–Trinajstić information content (AvgIpc) is 2.74. The van der Waals surface area contributed by atoms with E-state index in [0.717, 1.165) is 10.5 Å². The molecule has 0 bridgehead atoms. The Balaban J connectivity index is 1.86. The smallest absolute Gasteiger partial charge is 0.255 e. The van der Waals surface area contributed by atoms with E-state index >= 15 is 0 Å². The third kappa shape index (κ3) is 4.69. The number of carbonyl (C=O) groups excluding carboxylic acids is 2. The molecular formula is C23H29N3O3S. The second kappa shape index (κ2) is 9.64. The molecule has 30 heavy (non-hydrogen) atoms. The molecule has 2 aromatic rings. The molecule has 160 valence electrons. The molecule has 2 aromatic carbocycles. The van der Waals surface area contributed by atoms with Crippen LogP contribution >= 0.6 is 11.8 Å². The summed E-state index contributed by atoms with van der Waals surface area (Å²) in [5.74, 6) is -0.254. The Morgan fingerprint density at radius 1 is 1.17 bits per heavy atom. The van der Waals surface area contributed by atoms with Gasteiger partial charge in [0.15, 0.2) is 0 Å². The SMILES string of the molecule is CSc1ccccc1C(=O)N1CC[C@@](NC(=O)CN(C)C)(c2ccccc2)[C@H](O)C1. The van der Waals surface area contributed by atoms with Crippen LogP contribution in [0.25, 0.3) is 0 Å². The van der Waals surface area contributed by atoms with Crippen molar-refractivity contribution in [3.8, 4) is 0 Å². The maximum Gasteiger partial charge on any atom is 0.255 e. The van der Waals surface area contributed by atoms with Crippen LogP contribution in [0.1, 0.15) is 22.3 Å². The second-order valence-corrected chi connectivity index (χ2v) is 8.69. The largest absolute Gasteiger partial charge is 0.388 e. The van der Waals surface area contributed by atoms with Crippen molar-refractivity contribution in [1.29, 1.82) is 0 Å². The van der Waals surface area contributed by atoms with Crippen molar-refractivity contribution < 1.29 is 14.7 Å². The monoisotopic (exact) mass is 427 g/mol. The highest BCUT2D eigenvalue weighted by Gasteiger charge is 2.46. The van der Waals surface area contributed by atoms with Crippen LogP contribution in [0, 0.1) is 0 Å². The normalized spacial score (nSPS) is 21.5. The van der Waals surface area contributed by atoms with E-state index in [9.17, 15) is 14.7 Å². The molecule has 0 aromatic heterocycles. The Bertz CT molecular complexity index is 890. The summed E-state index contributed by atoms with van der Waals surface area (Å²) in [6.07, 6.45) is 1.45. The van der Waals surface area contributed by atoms with Crippen molar-refractivity contribution in [3.05, 3.63) is 65.7 Å². The first-order chi connectivity index (χ1) is 14.4. The zero-order chi connectivity index (χ0) is 21.7. The zero-order valence-electron chi connectivity index (χ0n) is 17.7. The Kier molecular flexibility index (Phi) is 7.18. The van der Waals surface area contributed by atoms with E-state index in [4.69, 9.17) is 0 Å². The number of β-amino-alcohol motifs (C(OH)–C–C–N with tert-alkyl or cyclic N) is 1. The molecule has 0 aliphatic carbocycles. The van der Waals surface area contributed by atoms with Gasteiger partial charge >= 0.3 is 0 Å². The minimum absolute atomic E-state index is 0.0970. The fourth-order valence-electron chi connectivity index (χ4n) is 3.98. The number of thioether (sulfide) groups is 1. The standard InChI is InChI=1S/C23H29N3O3S/c1-25(2)16-21(28)24-23(17-9-5-4-6-10-17)13-14-26(15-20(23)27)22(29)18-11-7-8-12-19(18)30-3/h4-12,20,27H,13-16H2,1-3H3,(H,24,28)/t20-,23-/m1/s1. The first-order valence-corrected chi connectivity index (χ1v) is 11.2. The predicted octanol–water partition coefficient (Wildman–Crippen LogP) is 2.19. The number of benzene rings is 2. The summed E-state index contributed by atoms with van der Waals surface area (Å²) >= 11 is 1.53. The van der Waals surface area contributed by atoms with E-state index in [1.165, 1.54) is 11.8 Å². The summed E-state index contributed by atoms with van der Waals surface area (Å²) in [5.41, 5.74) is 0.562. The summed E-state index contributed by atoms with van der Waals surface area (Å²) in [4.78, 5) is 30.1. The van der Waals surface area contributed by atoms with Crippen molar-refractivity contribution >= 4 is 23.6 Å². The highest BCUT2D eigenvalue weighted by molar-refractivity contribution is 7.98. The highest BCUT2D eigenvalue weighted by atomic mass is 32.2. The molecule has 6 nitrogen and oxygen atoms in total. The summed E-state index contributed by atoms with van der Waals surface area (Å²) in [7, 11) is 3.66. The van der Waals surface area contributed by atoms with Gasteiger partial charge in [0, 0.05) is 18.0 Å². The van der Waals surface area contributed by atoms with Gasteiger partial charge in [0.2, 0.25) is 5.91 Å². The van der Waals surface area contributed by atoms with Crippen molar-refractivity contribution in [2.24, 2.45) is 0 Å². The lowest BCUT2D eigenvalue weighted by molar-refractivity contribution is -0.127. The molecule has 3 rings (SSSR count). The van der Waals surface area contributed by atoms with Crippen LogP contribution in [0.15, 0.2) is 59.5 Å². The quantitative estimate of drug-likeness (QED) is 0.692. The number of amides is 2. The van der Waals surface area contributed by atoms with Crippen molar-refractivity contribution in [2.45, 2.75) is 23.0 Å². The molecule has 0 radical (unpaired) electrons. The summed E-state index contributed by atoms with van der Waals surface area (Å²) in [5, 5.41) is 14.3. The Hall–Kier alpha value is -2.35. The lowest BCUT2D eigenvalue weighted by Crippen LogP contribution is -2.63.